The molecule has 0 saturated heterocycles. The Morgan fingerprint density at radius 3 is 2.00 bits per heavy atom. The first-order valence-corrected chi connectivity index (χ1v) is 11.0. The molecule has 2 heteroatoms. The molecule has 2 saturated carbocycles. The lowest BCUT2D eigenvalue weighted by molar-refractivity contribution is 0.295. The van der Waals surface area contributed by atoms with Crippen molar-refractivity contribution in [3.05, 3.63) is 59.7 Å². The van der Waals surface area contributed by atoms with Crippen LogP contribution in [0.25, 0.3) is 0 Å². The van der Waals surface area contributed by atoms with Crippen LogP contribution in [0.3, 0.4) is 0 Å². The summed E-state index contributed by atoms with van der Waals surface area (Å²) in [5, 5.41) is 17.5. The lowest BCUT2D eigenvalue weighted by atomic mass is 9.77. The topological polar surface area (TPSA) is 47.6 Å². The lowest BCUT2D eigenvalue weighted by Crippen LogP contribution is -2.14. The summed E-state index contributed by atoms with van der Waals surface area (Å²) in [6, 6.07) is 12.5. The van der Waals surface area contributed by atoms with Crippen LogP contribution in [0, 0.1) is 40.4 Å². The van der Waals surface area contributed by atoms with Gasteiger partial charge in [0.1, 0.15) is 0 Å². The molecule has 2 aliphatic carbocycles. The number of allylic oxidation sites excluding steroid dienone is 4. The minimum atomic E-state index is 0.669. The highest BCUT2D eigenvalue weighted by atomic mass is 14.3. The van der Waals surface area contributed by atoms with E-state index in [2.05, 4.69) is 36.4 Å². The second kappa shape index (κ2) is 10.9. The van der Waals surface area contributed by atoms with Crippen LogP contribution in [0.1, 0.15) is 81.3 Å². The van der Waals surface area contributed by atoms with Crippen molar-refractivity contribution in [1.29, 1.82) is 10.5 Å². The summed E-state index contributed by atoms with van der Waals surface area (Å²) in [7, 11) is 0. The van der Waals surface area contributed by atoms with Gasteiger partial charge in [0.15, 0.2) is 0 Å². The van der Waals surface area contributed by atoms with E-state index in [-0.39, 0.29) is 0 Å². The van der Waals surface area contributed by atoms with Crippen molar-refractivity contribution in [1.82, 2.24) is 0 Å². The maximum Gasteiger partial charge on any atom is 0.0991 e. The smallest absolute Gasteiger partial charge is 0.0991 e. The average Bonchev–Trinajstić information content (AvgIpc) is 2.76. The predicted molar refractivity (Wildman–Crippen MR) is 114 cm³/mol. The molecular formula is C26H32N2. The summed E-state index contributed by atoms with van der Waals surface area (Å²) in [6.07, 6.45) is 21.5. The van der Waals surface area contributed by atoms with Crippen LogP contribution >= 0.6 is 0 Å². The normalized spacial score (nSPS) is 28.2. The quantitative estimate of drug-likeness (QED) is 0.396. The second-order valence-corrected chi connectivity index (χ2v) is 8.62. The van der Waals surface area contributed by atoms with Gasteiger partial charge in [-0.2, -0.15) is 10.5 Å². The highest BCUT2D eigenvalue weighted by molar-refractivity contribution is 5.33. The van der Waals surface area contributed by atoms with E-state index in [1.54, 1.807) is 6.08 Å². The predicted octanol–water partition coefficient (Wildman–Crippen LogP) is 7.05. The van der Waals surface area contributed by atoms with Crippen molar-refractivity contribution in [3.63, 3.8) is 0 Å². The maximum absolute atomic E-state index is 8.94. The van der Waals surface area contributed by atoms with Gasteiger partial charge in [0.05, 0.1) is 17.7 Å². The molecule has 0 aliphatic heterocycles. The maximum atomic E-state index is 8.94. The van der Waals surface area contributed by atoms with Crippen molar-refractivity contribution >= 4 is 0 Å². The van der Waals surface area contributed by atoms with Gasteiger partial charge in [-0.15, -0.1) is 0 Å². The van der Waals surface area contributed by atoms with Gasteiger partial charge in [-0.05, 0) is 106 Å². The molecule has 1 aromatic rings. The summed E-state index contributed by atoms with van der Waals surface area (Å²) in [6.45, 7) is 0. The number of hydrogen-bond acceptors (Lipinski definition) is 2. The Hall–Kier alpha value is -2.32. The van der Waals surface area contributed by atoms with Gasteiger partial charge in [0.25, 0.3) is 0 Å². The zero-order chi connectivity index (χ0) is 19.6. The van der Waals surface area contributed by atoms with Gasteiger partial charge in [0, 0.05) is 6.08 Å². The monoisotopic (exact) mass is 372 g/mol. The molecule has 0 heterocycles. The molecule has 0 radical (unpaired) electrons. The summed E-state index contributed by atoms with van der Waals surface area (Å²) in [4.78, 5) is 0. The molecule has 0 unspecified atom stereocenters. The molecule has 0 spiro atoms. The Balaban J connectivity index is 1.37. The lowest BCUT2D eigenvalue weighted by Gasteiger charge is -2.29. The fourth-order valence-electron chi connectivity index (χ4n) is 4.93. The third kappa shape index (κ3) is 6.10. The van der Waals surface area contributed by atoms with Crippen LogP contribution in [-0.2, 0) is 0 Å². The molecule has 2 nitrogen and oxygen atoms in total. The summed E-state index contributed by atoms with van der Waals surface area (Å²) >= 11 is 0. The largest absolute Gasteiger partial charge is 0.193 e. The Morgan fingerprint density at radius 2 is 1.43 bits per heavy atom. The standard InChI is InChI=1S/C26H32N2/c27-19-3-1-2-4-21-5-7-22(8-6-21)9-10-23-11-15-25(16-12-23)26-17-13-24(20-28)14-18-26/h1,3,9-10,13-14,17-18,21-23,25H,2,4-8,11-12,15-16H2/t21-,22-,23-,25-. The molecule has 1 aromatic carbocycles. The van der Waals surface area contributed by atoms with E-state index < -0.39 is 0 Å². The van der Waals surface area contributed by atoms with E-state index in [1.165, 1.54) is 63.4 Å². The Morgan fingerprint density at radius 1 is 0.821 bits per heavy atom. The van der Waals surface area contributed by atoms with Gasteiger partial charge in [-0.25, -0.2) is 0 Å². The van der Waals surface area contributed by atoms with Crippen LogP contribution in [0.4, 0.5) is 0 Å². The van der Waals surface area contributed by atoms with Gasteiger partial charge in [-0.1, -0.05) is 30.4 Å². The Labute approximate surface area is 170 Å². The number of nitriles is 2. The van der Waals surface area contributed by atoms with Crippen molar-refractivity contribution < 1.29 is 0 Å². The second-order valence-electron chi connectivity index (χ2n) is 8.62. The number of rotatable bonds is 6. The van der Waals surface area contributed by atoms with E-state index in [0.29, 0.717) is 5.92 Å². The van der Waals surface area contributed by atoms with Crippen LogP contribution in [-0.4, -0.2) is 0 Å². The molecular weight excluding hydrogens is 340 g/mol. The third-order valence-corrected chi connectivity index (χ3v) is 6.76. The van der Waals surface area contributed by atoms with E-state index >= 15 is 0 Å². The first-order chi connectivity index (χ1) is 13.8. The van der Waals surface area contributed by atoms with E-state index in [0.717, 1.165) is 29.7 Å². The highest BCUT2D eigenvalue weighted by Crippen LogP contribution is 2.37. The van der Waals surface area contributed by atoms with E-state index in [1.807, 2.05) is 18.2 Å². The van der Waals surface area contributed by atoms with Crippen LogP contribution < -0.4 is 0 Å². The highest BCUT2D eigenvalue weighted by Gasteiger charge is 2.22. The molecule has 2 aliphatic rings. The zero-order valence-electron chi connectivity index (χ0n) is 16.9. The van der Waals surface area contributed by atoms with Gasteiger partial charge in [0.2, 0.25) is 0 Å². The van der Waals surface area contributed by atoms with E-state index in [4.69, 9.17) is 10.5 Å². The van der Waals surface area contributed by atoms with Gasteiger partial charge in [-0.3, -0.25) is 0 Å². The number of nitrogens with zero attached hydrogens (tertiary/aromatic N) is 2. The third-order valence-electron chi connectivity index (χ3n) is 6.76. The molecule has 0 atom stereocenters. The molecule has 0 amide bonds. The van der Waals surface area contributed by atoms with Crippen molar-refractivity contribution in [3.8, 4) is 12.1 Å². The van der Waals surface area contributed by atoms with Crippen LogP contribution in [0.5, 0.6) is 0 Å². The zero-order valence-corrected chi connectivity index (χ0v) is 16.9. The fourth-order valence-corrected chi connectivity index (χ4v) is 4.93. The van der Waals surface area contributed by atoms with Crippen LogP contribution in [0.15, 0.2) is 48.6 Å². The van der Waals surface area contributed by atoms with Gasteiger partial charge < -0.3 is 0 Å². The van der Waals surface area contributed by atoms with Crippen molar-refractivity contribution in [2.24, 2.45) is 17.8 Å². The van der Waals surface area contributed by atoms with Crippen molar-refractivity contribution in [2.45, 2.75) is 70.1 Å². The number of benzene rings is 1. The fraction of sp³-hybridized carbons (Fsp3) is 0.538. The van der Waals surface area contributed by atoms with Crippen molar-refractivity contribution in [2.75, 3.05) is 0 Å². The molecule has 3 rings (SSSR count). The molecule has 0 bridgehead atoms. The Kier molecular flexibility index (Phi) is 7.93. The SMILES string of the molecule is N#CC=CCC[C@H]1CC[C@H](C=C[C@H]2CC[C@H](c3ccc(C#N)cc3)CC2)CC1. The van der Waals surface area contributed by atoms with E-state index in [9.17, 15) is 0 Å². The molecule has 28 heavy (non-hydrogen) atoms. The summed E-state index contributed by atoms with van der Waals surface area (Å²) in [5.41, 5.74) is 2.16. The molecule has 0 N–H and O–H groups in total. The molecule has 146 valence electrons. The first-order valence-electron chi connectivity index (χ1n) is 11.0. The summed E-state index contributed by atoms with van der Waals surface area (Å²) in [5.74, 6) is 3.06. The molecule has 0 aromatic heterocycles. The molecule has 2 fully saturated rings. The first kappa shape index (κ1) is 20.4. The average molecular weight is 373 g/mol. The number of hydrogen-bond donors (Lipinski definition) is 0. The Bertz CT molecular complexity index is 728. The van der Waals surface area contributed by atoms with Gasteiger partial charge >= 0.3 is 0 Å². The minimum absolute atomic E-state index is 0.669. The van der Waals surface area contributed by atoms with Crippen LogP contribution in [0.2, 0.25) is 0 Å². The summed E-state index contributed by atoms with van der Waals surface area (Å²) < 4.78 is 0. The minimum Gasteiger partial charge on any atom is -0.193 e.